The van der Waals surface area contributed by atoms with Crippen LogP contribution in [0.15, 0.2) is 42.5 Å². The number of hydrogen-bond acceptors (Lipinski definition) is 6. The predicted octanol–water partition coefficient (Wildman–Crippen LogP) is 2.62. The summed E-state index contributed by atoms with van der Waals surface area (Å²) in [5.74, 6) is -0.845. The molecule has 3 fully saturated rings. The smallest absolute Gasteiger partial charge is 0.255 e. The zero-order valence-corrected chi connectivity index (χ0v) is 22.3. The second-order valence-corrected chi connectivity index (χ2v) is 11.3. The third kappa shape index (κ3) is 5.56. The van der Waals surface area contributed by atoms with Crippen LogP contribution in [0.3, 0.4) is 0 Å². The maximum Gasteiger partial charge on any atom is 0.255 e. The van der Waals surface area contributed by atoms with Crippen molar-refractivity contribution in [2.45, 2.75) is 44.8 Å². The van der Waals surface area contributed by atoms with E-state index in [0.29, 0.717) is 17.9 Å². The molecule has 39 heavy (non-hydrogen) atoms. The van der Waals surface area contributed by atoms with Crippen LogP contribution >= 0.6 is 0 Å². The second kappa shape index (κ2) is 11.1. The largest absolute Gasteiger partial charge is 0.369 e. The molecule has 0 bridgehead atoms. The minimum absolute atomic E-state index is 0.200. The standard InChI is InChI=1S/C30H36FN5O3/c31-23-16-24-25(20-36(30(24)39)26-6-7-28(37)32-29(26)38)27(17-23)35-14-12-34(13-15-35)19-22-8-10-33(11-9-22)18-21-4-2-1-3-5-21/h1-5,16-17,22,26H,6-15,18-20H2,(H,32,37,38). The Bertz CT molecular complexity index is 1240. The predicted molar refractivity (Wildman–Crippen MR) is 146 cm³/mol. The van der Waals surface area contributed by atoms with Crippen LogP contribution in [-0.2, 0) is 22.7 Å². The minimum Gasteiger partial charge on any atom is -0.369 e. The number of rotatable bonds is 6. The van der Waals surface area contributed by atoms with E-state index in [-0.39, 0.29) is 24.8 Å². The first-order valence-corrected chi connectivity index (χ1v) is 14.2. The third-order valence-electron chi connectivity index (χ3n) is 8.78. The molecule has 2 aromatic carbocycles. The van der Waals surface area contributed by atoms with Gasteiger partial charge in [-0.05, 0) is 56.0 Å². The van der Waals surface area contributed by atoms with Gasteiger partial charge in [0.2, 0.25) is 11.8 Å². The summed E-state index contributed by atoms with van der Waals surface area (Å²) < 4.78 is 14.7. The van der Waals surface area contributed by atoms with E-state index in [9.17, 15) is 18.8 Å². The Hall–Kier alpha value is -3.30. The molecule has 4 aliphatic heterocycles. The Kier molecular flexibility index (Phi) is 7.36. The van der Waals surface area contributed by atoms with Crippen LogP contribution in [0.4, 0.5) is 10.1 Å². The number of carbonyl (C=O) groups is 3. The van der Waals surface area contributed by atoms with Crippen molar-refractivity contribution in [2.75, 3.05) is 50.7 Å². The monoisotopic (exact) mass is 533 g/mol. The summed E-state index contributed by atoms with van der Waals surface area (Å²) in [6, 6.07) is 12.8. The number of amides is 3. The topological polar surface area (TPSA) is 76.2 Å². The van der Waals surface area contributed by atoms with Crippen molar-refractivity contribution in [2.24, 2.45) is 5.92 Å². The summed E-state index contributed by atoms with van der Waals surface area (Å²) >= 11 is 0. The van der Waals surface area contributed by atoms with Gasteiger partial charge < -0.3 is 9.80 Å². The molecule has 3 saturated heterocycles. The molecule has 2 aromatic rings. The highest BCUT2D eigenvalue weighted by Gasteiger charge is 2.41. The first-order chi connectivity index (χ1) is 18.9. The minimum atomic E-state index is -0.700. The van der Waals surface area contributed by atoms with Gasteiger partial charge in [-0.1, -0.05) is 30.3 Å². The van der Waals surface area contributed by atoms with Crippen molar-refractivity contribution in [3.63, 3.8) is 0 Å². The molecule has 0 aromatic heterocycles. The Labute approximate surface area is 228 Å². The van der Waals surface area contributed by atoms with E-state index in [1.807, 2.05) is 0 Å². The molecule has 6 rings (SSSR count). The van der Waals surface area contributed by atoms with Gasteiger partial charge in [0.25, 0.3) is 5.91 Å². The highest BCUT2D eigenvalue weighted by molar-refractivity contribution is 6.06. The Balaban J connectivity index is 1.04. The molecule has 3 amide bonds. The number of nitrogens with zero attached hydrogens (tertiary/aromatic N) is 4. The number of nitrogens with one attached hydrogen (secondary N) is 1. The van der Waals surface area contributed by atoms with E-state index < -0.39 is 17.8 Å². The van der Waals surface area contributed by atoms with Gasteiger partial charge in [-0.25, -0.2) is 4.39 Å². The Morgan fingerprint density at radius 2 is 1.62 bits per heavy atom. The number of fused-ring (bicyclic) bond motifs is 1. The van der Waals surface area contributed by atoms with Gasteiger partial charge in [0.15, 0.2) is 0 Å². The van der Waals surface area contributed by atoms with Crippen molar-refractivity contribution in [1.29, 1.82) is 0 Å². The van der Waals surface area contributed by atoms with Crippen LogP contribution in [0.5, 0.6) is 0 Å². The molecule has 0 radical (unpaired) electrons. The normalized spacial score (nSPS) is 23.3. The van der Waals surface area contributed by atoms with Crippen LogP contribution in [0, 0.1) is 11.7 Å². The molecular weight excluding hydrogens is 497 g/mol. The number of halogens is 1. The zero-order valence-electron chi connectivity index (χ0n) is 22.3. The molecular formula is C30H36FN5O3. The summed E-state index contributed by atoms with van der Waals surface area (Å²) in [6.45, 7) is 7.99. The zero-order chi connectivity index (χ0) is 26.9. The first-order valence-electron chi connectivity index (χ1n) is 14.2. The van der Waals surface area contributed by atoms with Crippen LogP contribution in [0.25, 0.3) is 0 Å². The highest BCUT2D eigenvalue weighted by Crippen LogP contribution is 2.35. The molecule has 206 valence electrons. The van der Waals surface area contributed by atoms with Gasteiger partial charge in [0, 0.05) is 69.0 Å². The fourth-order valence-electron chi connectivity index (χ4n) is 6.59. The van der Waals surface area contributed by atoms with Gasteiger partial charge in [-0.3, -0.25) is 29.5 Å². The summed E-state index contributed by atoms with van der Waals surface area (Å²) in [7, 11) is 0. The average Bonchev–Trinajstić information content (AvgIpc) is 3.26. The number of benzene rings is 2. The molecule has 0 saturated carbocycles. The van der Waals surface area contributed by atoms with E-state index in [4.69, 9.17) is 0 Å². The number of hydrogen-bond donors (Lipinski definition) is 1. The lowest BCUT2D eigenvalue weighted by atomic mass is 9.95. The maximum atomic E-state index is 14.7. The molecule has 0 spiro atoms. The number of piperidine rings is 2. The molecule has 1 unspecified atom stereocenters. The van der Waals surface area contributed by atoms with Gasteiger partial charge in [0.1, 0.15) is 11.9 Å². The average molecular weight is 534 g/mol. The lowest BCUT2D eigenvalue weighted by Gasteiger charge is -2.40. The van der Waals surface area contributed by atoms with Gasteiger partial charge in [0.05, 0.1) is 0 Å². The van der Waals surface area contributed by atoms with Crippen LogP contribution in [0.1, 0.15) is 47.2 Å². The molecule has 9 heteroatoms. The van der Waals surface area contributed by atoms with Gasteiger partial charge in [-0.2, -0.15) is 0 Å². The third-order valence-corrected chi connectivity index (χ3v) is 8.78. The summed E-state index contributed by atoms with van der Waals surface area (Å²) in [6.07, 6.45) is 2.92. The van der Waals surface area contributed by atoms with E-state index >= 15 is 0 Å². The van der Waals surface area contributed by atoms with Crippen molar-refractivity contribution >= 4 is 23.4 Å². The quantitative estimate of drug-likeness (QED) is 0.576. The van der Waals surface area contributed by atoms with Crippen molar-refractivity contribution in [3.05, 3.63) is 65.0 Å². The Morgan fingerprint density at radius 3 is 2.33 bits per heavy atom. The van der Waals surface area contributed by atoms with Crippen LogP contribution < -0.4 is 10.2 Å². The SMILES string of the molecule is O=C1CCC(N2Cc3c(cc(F)cc3N3CCN(CC4CCN(Cc5ccccc5)CC4)CC3)C2=O)C(=O)N1. The summed E-state index contributed by atoms with van der Waals surface area (Å²) in [4.78, 5) is 45.9. The van der Waals surface area contributed by atoms with Crippen molar-refractivity contribution < 1.29 is 18.8 Å². The van der Waals surface area contributed by atoms with Crippen LogP contribution in [-0.4, -0.2) is 84.3 Å². The highest BCUT2D eigenvalue weighted by atomic mass is 19.1. The van der Waals surface area contributed by atoms with Gasteiger partial charge >= 0.3 is 0 Å². The Morgan fingerprint density at radius 1 is 0.872 bits per heavy atom. The number of piperazine rings is 1. The maximum absolute atomic E-state index is 14.7. The fraction of sp³-hybridized carbons (Fsp3) is 0.500. The lowest BCUT2D eigenvalue weighted by Crippen LogP contribution is -2.52. The number of anilines is 1. The number of carbonyl (C=O) groups excluding carboxylic acids is 3. The van der Waals surface area contributed by atoms with Crippen molar-refractivity contribution in [3.8, 4) is 0 Å². The number of imide groups is 1. The van der Waals surface area contributed by atoms with E-state index in [1.165, 1.54) is 35.4 Å². The lowest BCUT2D eigenvalue weighted by molar-refractivity contribution is -0.136. The molecule has 0 aliphatic carbocycles. The molecule has 1 N–H and O–H groups in total. The molecule has 1 atom stereocenters. The molecule has 8 nitrogen and oxygen atoms in total. The summed E-state index contributed by atoms with van der Waals surface area (Å²) in [5.41, 5.74) is 3.24. The van der Waals surface area contributed by atoms with E-state index in [2.05, 4.69) is 50.3 Å². The molecule has 4 aliphatic rings. The van der Waals surface area contributed by atoms with Crippen LogP contribution in [0.2, 0.25) is 0 Å². The number of likely N-dealkylation sites (tertiary alicyclic amines) is 1. The second-order valence-electron chi connectivity index (χ2n) is 11.3. The van der Waals surface area contributed by atoms with Crippen molar-refractivity contribution in [1.82, 2.24) is 20.0 Å². The van der Waals surface area contributed by atoms with E-state index in [0.717, 1.165) is 63.6 Å². The molecule has 4 heterocycles. The first kappa shape index (κ1) is 26.0. The fourth-order valence-corrected chi connectivity index (χ4v) is 6.59. The van der Waals surface area contributed by atoms with Gasteiger partial charge in [-0.15, -0.1) is 0 Å². The summed E-state index contributed by atoms with van der Waals surface area (Å²) in [5, 5.41) is 2.33. The van der Waals surface area contributed by atoms with E-state index in [1.54, 1.807) is 0 Å².